The molecule has 10 nitrogen and oxygen atoms in total. The Bertz CT molecular complexity index is 1070. The first-order chi connectivity index (χ1) is 17.4. The maximum Gasteiger partial charge on any atom is 0.490 e. The number of carboxylic acids is 1. The van der Waals surface area contributed by atoms with E-state index in [1.54, 1.807) is 7.11 Å². The van der Waals surface area contributed by atoms with Gasteiger partial charge in [-0.25, -0.2) is 9.78 Å². The minimum absolute atomic E-state index is 0.110. The van der Waals surface area contributed by atoms with Crippen LogP contribution in [0, 0.1) is 5.41 Å². The lowest BCUT2D eigenvalue weighted by Gasteiger charge is -2.28. The summed E-state index contributed by atoms with van der Waals surface area (Å²) in [5.74, 6) is -2.39. The maximum absolute atomic E-state index is 13.6. The summed E-state index contributed by atoms with van der Waals surface area (Å²) in [7, 11) is 1.69. The van der Waals surface area contributed by atoms with E-state index in [0.717, 1.165) is 44.8 Å². The number of carbonyl (C=O) groups is 2. The predicted octanol–water partition coefficient (Wildman–Crippen LogP) is 2.78. The molecule has 4 heterocycles. The molecule has 37 heavy (non-hydrogen) atoms. The number of aryl methyl sites for hydroxylation is 1. The lowest BCUT2D eigenvalue weighted by atomic mass is 9.75. The van der Waals surface area contributed by atoms with Crippen molar-refractivity contribution in [3.63, 3.8) is 0 Å². The summed E-state index contributed by atoms with van der Waals surface area (Å²) in [6.07, 6.45) is 3.89. The van der Waals surface area contributed by atoms with Crippen LogP contribution in [0.3, 0.4) is 0 Å². The van der Waals surface area contributed by atoms with Crippen molar-refractivity contribution in [2.75, 3.05) is 39.9 Å². The quantitative estimate of drug-likeness (QED) is 0.562. The van der Waals surface area contributed by atoms with Gasteiger partial charge in [-0.15, -0.1) is 0 Å². The number of halogens is 3. The maximum atomic E-state index is 13.6. The van der Waals surface area contributed by atoms with E-state index in [4.69, 9.17) is 19.6 Å². The number of imidazole rings is 1. The first-order valence-corrected chi connectivity index (χ1v) is 12.3. The summed E-state index contributed by atoms with van der Waals surface area (Å²) in [6.45, 7) is 11.7. The molecule has 2 atom stereocenters. The normalized spacial score (nSPS) is 22.2. The van der Waals surface area contributed by atoms with E-state index in [1.807, 2.05) is 22.1 Å². The highest BCUT2D eigenvalue weighted by atomic mass is 19.4. The van der Waals surface area contributed by atoms with Crippen LogP contribution in [-0.4, -0.2) is 92.2 Å². The van der Waals surface area contributed by atoms with Crippen molar-refractivity contribution in [2.45, 2.75) is 58.4 Å². The van der Waals surface area contributed by atoms with Crippen LogP contribution in [0.4, 0.5) is 13.2 Å². The van der Waals surface area contributed by atoms with Crippen molar-refractivity contribution in [1.29, 1.82) is 0 Å². The molecule has 0 aliphatic carbocycles. The van der Waals surface area contributed by atoms with Gasteiger partial charge in [0, 0.05) is 76.3 Å². The molecule has 0 saturated carbocycles. The smallest absolute Gasteiger partial charge is 0.475 e. The van der Waals surface area contributed by atoms with Gasteiger partial charge in [0.15, 0.2) is 0 Å². The molecule has 2 aliphatic heterocycles. The number of nitrogens with zero attached hydrogens (tertiary/aromatic N) is 6. The first kappa shape index (κ1) is 28.6. The molecule has 1 amide bonds. The number of hydrogen-bond donors (Lipinski definition) is 1. The van der Waals surface area contributed by atoms with Crippen LogP contribution in [-0.2, 0) is 27.4 Å². The number of likely N-dealkylation sites (tertiary alicyclic amines) is 2. The highest BCUT2D eigenvalue weighted by Gasteiger charge is 2.57. The predicted molar refractivity (Wildman–Crippen MR) is 128 cm³/mol. The standard InChI is InChI=1S/C22H34N6O2.C2HF3O2/c1-5-28-12-18(10-24-28)11-25-13-19(20-14-27(16-23-20)17(2)3)22(15-25)6-7-26(21(22)29)8-9-30-4;3-2(4,5)1(6)7/h10,12,14,16-17,19H,5-9,11,13,15H2,1-4H3;(H,6,7). The van der Waals surface area contributed by atoms with E-state index in [1.165, 1.54) is 5.56 Å². The van der Waals surface area contributed by atoms with E-state index in [9.17, 15) is 18.0 Å². The Hall–Kier alpha value is -2.93. The van der Waals surface area contributed by atoms with E-state index in [0.29, 0.717) is 19.2 Å². The Balaban J connectivity index is 0.000000479. The number of aromatic nitrogens is 4. The van der Waals surface area contributed by atoms with Gasteiger partial charge in [-0.05, 0) is 27.2 Å². The average molecular weight is 529 g/mol. The third kappa shape index (κ3) is 6.50. The van der Waals surface area contributed by atoms with Gasteiger partial charge in [-0.1, -0.05) is 0 Å². The van der Waals surface area contributed by atoms with Gasteiger partial charge >= 0.3 is 12.1 Å². The Labute approximate surface area is 214 Å². The number of carboxylic acid groups (broad SMARTS) is 1. The molecule has 2 saturated heterocycles. The minimum atomic E-state index is -5.08. The Morgan fingerprint density at radius 2 is 2.03 bits per heavy atom. The summed E-state index contributed by atoms with van der Waals surface area (Å²) in [5.41, 5.74) is 1.84. The van der Waals surface area contributed by atoms with E-state index in [-0.39, 0.29) is 11.8 Å². The fraction of sp³-hybridized carbons (Fsp3) is 0.667. The summed E-state index contributed by atoms with van der Waals surface area (Å²) >= 11 is 0. The number of hydrogen-bond acceptors (Lipinski definition) is 6. The number of methoxy groups -OCH3 is 1. The Morgan fingerprint density at radius 1 is 1.32 bits per heavy atom. The second-order valence-corrected chi connectivity index (χ2v) is 9.76. The third-order valence-corrected chi connectivity index (χ3v) is 6.95. The molecule has 0 radical (unpaired) electrons. The van der Waals surface area contributed by atoms with Crippen LogP contribution in [0.1, 0.15) is 50.4 Å². The zero-order chi connectivity index (χ0) is 27.4. The van der Waals surface area contributed by atoms with E-state index < -0.39 is 17.6 Å². The van der Waals surface area contributed by atoms with Crippen LogP contribution < -0.4 is 0 Å². The van der Waals surface area contributed by atoms with Crippen molar-refractivity contribution in [3.8, 4) is 0 Å². The molecule has 2 aromatic rings. The Kier molecular flexibility index (Phi) is 9.00. The van der Waals surface area contributed by atoms with E-state index in [2.05, 4.69) is 47.7 Å². The molecule has 2 unspecified atom stereocenters. The lowest BCUT2D eigenvalue weighted by molar-refractivity contribution is -0.192. The van der Waals surface area contributed by atoms with Crippen molar-refractivity contribution in [3.05, 3.63) is 36.2 Å². The van der Waals surface area contributed by atoms with Crippen molar-refractivity contribution >= 4 is 11.9 Å². The third-order valence-electron chi connectivity index (χ3n) is 6.95. The van der Waals surface area contributed by atoms with E-state index >= 15 is 0 Å². The van der Waals surface area contributed by atoms with Crippen LogP contribution in [0.25, 0.3) is 0 Å². The zero-order valence-electron chi connectivity index (χ0n) is 21.6. The summed E-state index contributed by atoms with van der Waals surface area (Å²) < 4.78 is 41.1. The molecule has 2 aromatic heterocycles. The van der Waals surface area contributed by atoms with Crippen molar-refractivity contribution in [2.24, 2.45) is 5.41 Å². The topological polar surface area (TPSA) is 106 Å². The number of rotatable bonds is 8. The molecular weight excluding hydrogens is 493 g/mol. The second kappa shape index (κ2) is 11.6. The molecule has 1 spiro atoms. The average Bonchev–Trinajstić information content (AvgIpc) is 3.61. The van der Waals surface area contributed by atoms with Crippen LogP contribution in [0.5, 0.6) is 0 Å². The monoisotopic (exact) mass is 528 g/mol. The van der Waals surface area contributed by atoms with Gasteiger partial charge in [-0.2, -0.15) is 18.3 Å². The van der Waals surface area contributed by atoms with Crippen LogP contribution >= 0.6 is 0 Å². The molecule has 206 valence electrons. The number of amides is 1. The number of carbonyl (C=O) groups excluding carboxylic acids is 1. The summed E-state index contributed by atoms with van der Waals surface area (Å²) in [5, 5.41) is 11.5. The van der Waals surface area contributed by atoms with Gasteiger partial charge in [0.25, 0.3) is 0 Å². The fourth-order valence-electron chi connectivity index (χ4n) is 4.98. The highest BCUT2D eigenvalue weighted by Crippen LogP contribution is 2.49. The molecule has 13 heteroatoms. The second-order valence-electron chi connectivity index (χ2n) is 9.76. The van der Waals surface area contributed by atoms with Gasteiger partial charge in [-0.3, -0.25) is 14.4 Å². The van der Waals surface area contributed by atoms with Crippen molar-refractivity contribution in [1.82, 2.24) is 29.1 Å². The lowest BCUT2D eigenvalue weighted by Crippen LogP contribution is -2.40. The minimum Gasteiger partial charge on any atom is -0.475 e. The molecular formula is C24H35F3N6O4. The summed E-state index contributed by atoms with van der Waals surface area (Å²) in [4.78, 5) is 31.6. The summed E-state index contributed by atoms with van der Waals surface area (Å²) in [6, 6.07) is 0.358. The molecule has 4 rings (SSSR count). The molecule has 2 fully saturated rings. The number of ether oxygens (including phenoxy) is 1. The Morgan fingerprint density at radius 3 is 2.57 bits per heavy atom. The molecule has 0 bridgehead atoms. The number of aliphatic carboxylic acids is 1. The fourth-order valence-corrected chi connectivity index (χ4v) is 4.98. The van der Waals surface area contributed by atoms with Crippen LogP contribution in [0.15, 0.2) is 24.9 Å². The largest absolute Gasteiger partial charge is 0.490 e. The van der Waals surface area contributed by atoms with Gasteiger partial charge < -0.3 is 19.3 Å². The molecule has 1 N–H and O–H groups in total. The SMILES string of the molecule is CCn1cc(CN2CC(c3cn(C(C)C)cn3)C3(CCN(CCOC)C3=O)C2)cn1.O=C(O)C(F)(F)F. The highest BCUT2D eigenvalue weighted by molar-refractivity contribution is 5.86. The zero-order valence-corrected chi connectivity index (χ0v) is 21.6. The van der Waals surface area contributed by atoms with Gasteiger partial charge in [0.2, 0.25) is 5.91 Å². The van der Waals surface area contributed by atoms with Gasteiger partial charge in [0.1, 0.15) is 0 Å². The van der Waals surface area contributed by atoms with Crippen LogP contribution in [0.2, 0.25) is 0 Å². The van der Waals surface area contributed by atoms with Gasteiger partial charge in [0.05, 0.1) is 30.2 Å². The number of alkyl halides is 3. The molecule has 2 aliphatic rings. The molecule has 0 aromatic carbocycles. The first-order valence-electron chi connectivity index (χ1n) is 12.3. The van der Waals surface area contributed by atoms with Crippen molar-refractivity contribution < 1.29 is 32.6 Å².